The fourth-order valence-electron chi connectivity index (χ4n) is 8.38. The Balaban J connectivity index is 1.22. The van der Waals surface area contributed by atoms with Crippen molar-refractivity contribution in [3.63, 3.8) is 0 Å². The highest BCUT2D eigenvalue weighted by atomic mass is 16.4. The van der Waals surface area contributed by atoms with Crippen LogP contribution in [0.25, 0.3) is 11.1 Å². The zero-order valence-corrected chi connectivity index (χ0v) is 39.2. The highest BCUT2D eigenvalue weighted by Crippen LogP contribution is 2.21. The minimum Gasteiger partial charge on any atom is -0.480 e. The van der Waals surface area contributed by atoms with Crippen molar-refractivity contribution in [1.82, 2.24) is 26.6 Å². The number of aliphatic carboxylic acids is 1. The predicted octanol–water partition coefficient (Wildman–Crippen LogP) is 5.89. The highest BCUT2D eigenvalue weighted by Gasteiger charge is 2.33. The Kier molecular flexibility index (Phi) is 18.0. The molecule has 0 saturated heterocycles. The lowest BCUT2D eigenvalue weighted by atomic mass is 9.98. The first-order valence-corrected chi connectivity index (χ1v) is 23.8. The van der Waals surface area contributed by atoms with E-state index in [4.69, 9.17) is 0 Å². The topological polar surface area (TPSA) is 212 Å². The molecule has 6 aromatic rings. The number of carboxylic acid groups (broad SMARTS) is 1. The molecule has 0 radical (unpaired) electrons. The van der Waals surface area contributed by atoms with E-state index in [1.807, 2.05) is 121 Å². The zero-order valence-electron chi connectivity index (χ0n) is 39.2. The molecule has 2 heterocycles. The summed E-state index contributed by atoms with van der Waals surface area (Å²) in [6.45, 7) is 0. The Morgan fingerprint density at radius 3 is 1.56 bits per heavy atom. The highest BCUT2D eigenvalue weighted by molar-refractivity contribution is 5.97. The molecular weight excluding hydrogens is 897 g/mol. The molecule has 0 saturated carbocycles. The fraction of sp³-hybridized carbons (Fsp3) is 0.246. The van der Waals surface area contributed by atoms with Gasteiger partial charge in [-0.2, -0.15) is 0 Å². The second-order valence-corrected chi connectivity index (χ2v) is 17.7. The van der Waals surface area contributed by atoms with Crippen LogP contribution in [0.5, 0.6) is 0 Å². The zero-order chi connectivity index (χ0) is 50.0. The minimum absolute atomic E-state index is 0.00768. The van der Waals surface area contributed by atoms with Crippen molar-refractivity contribution < 1.29 is 38.7 Å². The van der Waals surface area contributed by atoms with E-state index in [0.717, 1.165) is 22.3 Å². The van der Waals surface area contributed by atoms with E-state index >= 15 is 0 Å². The summed E-state index contributed by atoms with van der Waals surface area (Å²) in [5, 5.41) is 27.1. The van der Waals surface area contributed by atoms with Crippen LogP contribution in [0.1, 0.15) is 53.5 Å². The Hall–Kier alpha value is -8.39. The molecule has 7 N–H and O–H groups in total. The first-order chi connectivity index (χ1) is 34.4. The molecule has 2 aliphatic rings. The normalized spacial score (nSPS) is 18.6. The molecule has 2 bridgehead atoms. The number of hydrogen-bond acceptors (Lipinski definition) is 7. The van der Waals surface area contributed by atoms with Crippen LogP contribution in [-0.2, 0) is 65.7 Å². The molecule has 364 valence electrons. The smallest absolute Gasteiger partial charge is 0.326 e. The number of amides is 6. The number of anilines is 1. The van der Waals surface area contributed by atoms with E-state index < -0.39 is 71.6 Å². The molecule has 0 spiro atoms. The number of aryl methyl sites for hydroxylation is 2. The van der Waals surface area contributed by atoms with Gasteiger partial charge in [-0.1, -0.05) is 158 Å². The number of hydrogen-bond donors (Lipinski definition) is 7. The molecule has 0 aromatic heterocycles. The van der Waals surface area contributed by atoms with Gasteiger partial charge in [0.25, 0.3) is 0 Å². The van der Waals surface area contributed by atoms with Crippen LogP contribution < -0.4 is 31.9 Å². The molecule has 0 aliphatic carbocycles. The van der Waals surface area contributed by atoms with E-state index in [1.165, 1.54) is 0 Å². The van der Waals surface area contributed by atoms with Gasteiger partial charge in [-0.3, -0.25) is 28.8 Å². The average molecular weight is 955 g/mol. The molecule has 71 heavy (non-hydrogen) atoms. The summed E-state index contributed by atoms with van der Waals surface area (Å²) in [4.78, 5) is 97.5. The molecule has 14 heteroatoms. The van der Waals surface area contributed by atoms with Gasteiger partial charge in [-0.05, 0) is 76.8 Å². The van der Waals surface area contributed by atoms with Gasteiger partial charge in [-0.15, -0.1) is 0 Å². The van der Waals surface area contributed by atoms with Gasteiger partial charge in [-0.25, -0.2) is 4.79 Å². The summed E-state index contributed by atoms with van der Waals surface area (Å²) in [6.07, 6.45) is 0.459. The van der Waals surface area contributed by atoms with Crippen LogP contribution in [0.15, 0.2) is 170 Å². The third-order valence-corrected chi connectivity index (χ3v) is 12.3. The van der Waals surface area contributed by atoms with Crippen molar-refractivity contribution in [2.75, 3.05) is 5.32 Å². The summed E-state index contributed by atoms with van der Waals surface area (Å²) >= 11 is 0. The van der Waals surface area contributed by atoms with Crippen molar-refractivity contribution in [1.29, 1.82) is 0 Å². The van der Waals surface area contributed by atoms with Gasteiger partial charge in [0.15, 0.2) is 0 Å². The molecule has 6 aromatic carbocycles. The molecule has 6 amide bonds. The summed E-state index contributed by atoms with van der Waals surface area (Å²) in [7, 11) is 0. The molecule has 2 aliphatic heterocycles. The van der Waals surface area contributed by atoms with Crippen molar-refractivity contribution >= 4 is 47.1 Å². The third-order valence-electron chi connectivity index (χ3n) is 12.3. The van der Waals surface area contributed by atoms with E-state index in [9.17, 15) is 38.7 Å². The van der Waals surface area contributed by atoms with Gasteiger partial charge in [0.2, 0.25) is 35.4 Å². The van der Waals surface area contributed by atoms with Crippen LogP contribution >= 0.6 is 0 Å². The molecule has 0 fully saturated rings. The summed E-state index contributed by atoms with van der Waals surface area (Å²) in [6, 6.07) is 45.2. The van der Waals surface area contributed by atoms with Crippen LogP contribution in [0.2, 0.25) is 0 Å². The van der Waals surface area contributed by atoms with Gasteiger partial charge in [0.1, 0.15) is 30.2 Å². The lowest BCUT2D eigenvalue weighted by molar-refractivity contribution is -0.142. The number of carbonyl (C=O) groups excluding carboxylic acids is 6. The molecule has 8 rings (SSSR count). The second-order valence-electron chi connectivity index (χ2n) is 17.7. The molecule has 14 nitrogen and oxygen atoms in total. The Labute approximate surface area is 413 Å². The number of fused-ring (bicyclic) bond motifs is 18. The lowest BCUT2D eigenvalue weighted by Crippen LogP contribution is -2.60. The Bertz CT molecular complexity index is 2740. The number of benzene rings is 6. The lowest BCUT2D eigenvalue weighted by Gasteiger charge is -2.27. The Morgan fingerprint density at radius 2 is 0.986 bits per heavy atom. The van der Waals surface area contributed by atoms with Gasteiger partial charge >= 0.3 is 5.97 Å². The maximum absolute atomic E-state index is 14.8. The standard InChI is InChI=1S/C57H58N6O8/c64-51-33-34-52(65)59-46(31-25-38-13-5-1-6-14-38)53(66)61-50(36-41-21-27-44(28-22-41)43-19-11-4-12-20-43)56(69)62-48(35-40-17-9-3-10-18-40)55(68)63-49(37-42-23-29-45(58-51)30-24-42)54(67)60-47(57(70)71)32-26-39-15-7-2-8-16-39/h1-24,27-30,46-50H,25-26,31-37H2,(H,58,64)(H,59,65)(H,60,67)(H,61,66)(H,62,69)(H,63,68)(H,70,71)/t46-,47+,48-,49+,50+/m1/s1. The quantitative estimate of drug-likeness (QED) is 0.0654. The number of carboxylic acids is 1. The predicted molar refractivity (Wildman–Crippen MR) is 271 cm³/mol. The summed E-state index contributed by atoms with van der Waals surface area (Å²) < 4.78 is 0. The van der Waals surface area contributed by atoms with Crippen molar-refractivity contribution in [3.05, 3.63) is 198 Å². The first kappa shape index (κ1) is 50.5. The number of nitrogens with one attached hydrogen (secondary N) is 6. The molecular formula is C57H58N6O8. The molecule has 5 atom stereocenters. The third kappa shape index (κ3) is 15.6. The Morgan fingerprint density at radius 1 is 0.507 bits per heavy atom. The SMILES string of the molecule is O=C1CCC(=O)N[C@H](CCc2ccccc2)C(=O)N[C@@H](Cc2ccc(-c3ccccc3)cc2)C(=O)N[C@H](Cc2ccccc2)C(=O)N[C@H](C(=O)N[C@@H](CCc2ccccc2)C(=O)O)Cc2ccc(cc2)N1. The molecule has 0 unspecified atom stereocenters. The fourth-order valence-corrected chi connectivity index (χ4v) is 8.38. The van der Waals surface area contributed by atoms with Crippen molar-refractivity contribution in [2.45, 2.75) is 88.0 Å². The monoisotopic (exact) mass is 954 g/mol. The van der Waals surface area contributed by atoms with Gasteiger partial charge in [0.05, 0.1) is 0 Å². The second kappa shape index (κ2) is 25.3. The number of rotatable bonds is 14. The van der Waals surface area contributed by atoms with Crippen LogP contribution in [0, 0.1) is 0 Å². The van der Waals surface area contributed by atoms with E-state index in [1.54, 1.807) is 48.5 Å². The maximum atomic E-state index is 14.8. The van der Waals surface area contributed by atoms with Crippen molar-refractivity contribution in [2.24, 2.45) is 0 Å². The van der Waals surface area contributed by atoms with Crippen LogP contribution in [-0.4, -0.2) is 76.7 Å². The van der Waals surface area contributed by atoms with E-state index in [0.29, 0.717) is 35.2 Å². The van der Waals surface area contributed by atoms with E-state index in [-0.39, 0.29) is 44.9 Å². The minimum atomic E-state index is -1.33. The largest absolute Gasteiger partial charge is 0.480 e. The van der Waals surface area contributed by atoms with E-state index in [2.05, 4.69) is 31.9 Å². The van der Waals surface area contributed by atoms with Crippen LogP contribution in [0.4, 0.5) is 5.69 Å². The van der Waals surface area contributed by atoms with Gasteiger partial charge in [0, 0.05) is 37.8 Å². The van der Waals surface area contributed by atoms with Crippen LogP contribution in [0.3, 0.4) is 0 Å². The first-order valence-electron chi connectivity index (χ1n) is 23.8. The van der Waals surface area contributed by atoms with Gasteiger partial charge < -0.3 is 37.0 Å². The van der Waals surface area contributed by atoms with Crippen molar-refractivity contribution in [3.8, 4) is 11.1 Å². The maximum Gasteiger partial charge on any atom is 0.326 e. The number of carbonyl (C=O) groups is 7. The summed E-state index contributed by atoms with van der Waals surface area (Å²) in [5.41, 5.74) is 6.08. The average Bonchev–Trinajstić information content (AvgIpc) is 3.39. The summed E-state index contributed by atoms with van der Waals surface area (Å²) in [5.74, 6) is -5.10.